The maximum absolute atomic E-state index is 12.2. The molecule has 0 aliphatic carbocycles. The van der Waals surface area contributed by atoms with Gasteiger partial charge < -0.3 is 21.7 Å². The number of rotatable bonds is 5. The molecule has 1 heterocycles. The van der Waals surface area contributed by atoms with Crippen LogP contribution >= 0.6 is 0 Å². The summed E-state index contributed by atoms with van der Waals surface area (Å²) in [6.45, 7) is 3.53. The summed E-state index contributed by atoms with van der Waals surface area (Å²) in [7, 11) is 0. The highest BCUT2D eigenvalue weighted by molar-refractivity contribution is 5.97. The Bertz CT molecular complexity index is 924. The molecular weight excluding hydrogens is 356 g/mol. The number of primary amides is 2. The second-order valence-corrected chi connectivity index (χ2v) is 7.15. The molecule has 2 aromatic rings. The number of amides is 3. The Kier molecular flexibility index (Phi) is 5.35. The third-order valence-corrected chi connectivity index (χ3v) is 4.98. The fourth-order valence-electron chi connectivity index (χ4n) is 3.76. The number of nitrogens with two attached hydrogens (primary N) is 2. The number of carbonyl (C=O) groups is 3. The molecule has 28 heavy (non-hydrogen) atoms. The van der Waals surface area contributed by atoms with Gasteiger partial charge >= 0.3 is 0 Å². The average Bonchev–Trinajstić information content (AvgIpc) is 2.62. The average molecular weight is 380 g/mol. The summed E-state index contributed by atoms with van der Waals surface area (Å²) in [4.78, 5) is 36.6. The minimum absolute atomic E-state index is 0.00365. The lowest BCUT2D eigenvalue weighted by Crippen LogP contribution is -2.43. The van der Waals surface area contributed by atoms with Crippen LogP contribution in [0.25, 0.3) is 0 Å². The zero-order chi connectivity index (χ0) is 20.4. The minimum Gasteiger partial charge on any atom is -0.378 e. The summed E-state index contributed by atoms with van der Waals surface area (Å²) in [6, 6.07) is 12.5. The molecule has 0 fully saturated rings. The molecule has 3 amide bonds. The predicted octanol–water partition coefficient (Wildman–Crippen LogP) is 2.11. The quantitative estimate of drug-likeness (QED) is 0.736. The lowest BCUT2D eigenvalue weighted by Gasteiger charge is -2.39. The van der Waals surface area contributed by atoms with E-state index in [0.717, 1.165) is 22.5 Å². The van der Waals surface area contributed by atoms with E-state index in [0.29, 0.717) is 12.0 Å². The van der Waals surface area contributed by atoms with Crippen molar-refractivity contribution in [1.82, 2.24) is 0 Å². The number of anilines is 2. The van der Waals surface area contributed by atoms with E-state index >= 15 is 0 Å². The first kappa shape index (κ1) is 19.4. The van der Waals surface area contributed by atoms with E-state index in [4.69, 9.17) is 11.5 Å². The van der Waals surface area contributed by atoms with Gasteiger partial charge in [-0.3, -0.25) is 14.4 Å². The molecule has 7 heteroatoms. The zero-order valence-corrected chi connectivity index (χ0v) is 15.9. The maximum atomic E-state index is 12.2. The third-order valence-electron chi connectivity index (χ3n) is 4.98. The van der Waals surface area contributed by atoms with Crippen molar-refractivity contribution >= 4 is 29.1 Å². The summed E-state index contributed by atoms with van der Waals surface area (Å²) in [5, 5.41) is 3.47. The van der Waals surface area contributed by atoms with Crippen molar-refractivity contribution in [3.63, 3.8) is 0 Å². The summed E-state index contributed by atoms with van der Waals surface area (Å²) in [5.41, 5.74) is 14.4. The number of nitrogens with zero attached hydrogens (tertiary/aromatic N) is 1. The Morgan fingerprint density at radius 1 is 1.11 bits per heavy atom. The molecular formula is C21H24N4O3. The van der Waals surface area contributed by atoms with Crippen molar-refractivity contribution in [2.24, 2.45) is 11.5 Å². The molecule has 2 atom stereocenters. The first-order valence-corrected chi connectivity index (χ1v) is 9.13. The van der Waals surface area contributed by atoms with Crippen molar-refractivity contribution in [3.05, 3.63) is 59.2 Å². The van der Waals surface area contributed by atoms with Crippen LogP contribution < -0.4 is 21.7 Å². The van der Waals surface area contributed by atoms with Gasteiger partial charge in [0.2, 0.25) is 17.7 Å². The molecule has 2 aromatic carbocycles. The van der Waals surface area contributed by atoms with E-state index in [9.17, 15) is 14.4 Å². The van der Waals surface area contributed by atoms with Gasteiger partial charge in [-0.15, -0.1) is 0 Å². The van der Waals surface area contributed by atoms with E-state index in [2.05, 4.69) is 5.32 Å². The van der Waals surface area contributed by atoms with Crippen molar-refractivity contribution in [2.75, 3.05) is 10.2 Å². The lowest BCUT2D eigenvalue weighted by molar-refractivity contribution is -0.118. The smallest absolute Gasteiger partial charge is 0.248 e. The van der Waals surface area contributed by atoms with Crippen molar-refractivity contribution in [3.8, 4) is 0 Å². The number of carbonyl (C=O) groups excluding carboxylic acids is 3. The highest BCUT2D eigenvalue weighted by atomic mass is 16.2. The first-order chi connectivity index (χ1) is 13.3. The van der Waals surface area contributed by atoms with E-state index in [1.165, 1.54) is 6.92 Å². The molecule has 0 aromatic heterocycles. The maximum Gasteiger partial charge on any atom is 0.248 e. The molecule has 3 rings (SSSR count). The largest absolute Gasteiger partial charge is 0.378 e. The van der Waals surface area contributed by atoms with Crippen LogP contribution in [-0.2, 0) is 16.0 Å². The van der Waals surface area contributed by atoms with E-state index in [1.54, 1.807) is 23.1 Å². The number of nitrogens with one attached hydrogen (secondary N) is 1. The molecule has 0 radical (unpaired) electrons. The van der Waals surface area contributed by atoms with Gasteiger partial charge in [0.25, 0.3) is 0 Å². The van der Waals surface area contributed by atoms with Gasteiger partial charge in [-0.25, -0.2) is 0 Å². The summed E-state index contributed by atoms with van der Waals surface area (Å²) in [6.07, 6.45) is 0.872. The first-order valence-electron chi connectivity index (χ1n) is 9.13. The van der Waals surface area contributed by atoms with Crippen LogP contribution in [0.15, 0.2) is 42.5 Å². The van der Waals surface area contributed by atoms with Gasteiger partial charge in [-0.1, -0.05) is 12.1 Å². The molecule has 5 N–H and O–H groups in total. The van der Waals surface area contributed by atoms with E-state index in [1.807, 2.05) is 31.2 Å². The van der Waals surface area contributed by atoms with Crippen molar-refractivity contribution in [1.29, 1.82) is 0 Å². The molecule has 7 nitrogen and oxygen atoms in total. The van der Waals surface area contributed by atoms with Crippen LogP contribution in [0, 0.1) is 0 Å². The molecule has 146 valence electrons. The van der Waals surface area contributed by atoms with Gasteiger partial charge in [0.1, 0.15) is 0 Å². The van der Waals surface area contributed by atoms with Crippen LogP contribution in [0.5, 0.6) is 0 Å². The van der Waals surface area contributed by atoms with Crippen molar-refractivity contribution in [2.45, 2.75) is 38.8 Å². The predicted molar refractivity (Wildman–Crippen MR) is 108 cm³/mol. The fourth-order valence-corrected chi connectivity index (χ4v) is 3.76. The fraction of sp³-hybridized carbons (Fsp3) is 0.286. The van der Waals surface area contributed by atoms with Crippen LogP contribution in [0.2, 0.25) is 0 Å². The van der Waals surface area contributed by atoms with Crippen LogP contribution in [0.1, 0.15) is 47.8 Å². The van der Waals surface area contributed by atoms with Gasteiger partial charge in [0, 0.05) is 29.9 Å². The van der Waals surface area contributed by atoms with Crippen LogP contribution in [-0.4, -0.2) is 23.8 Å². The Morgan fingerprint density at radius 2 is 1.79 bits per heavy atom. The normalized spacial score (nSPS) is 18.3. The van der Waals surface area contributed by atoms with Gasteiger partial charge in [0.05, 0.1) is 12.5 Å². The second-order valence-electron chi connectivity index (χ2n) is 7.15. The molecule has 0 bridgehead atoms. The Morgan fingerprint density at radius 3 is 2.36 bits per heavy atom. The topological polar surface area (TPSA) is 119 Å². The van der Waals surface area contributed by atoms with E-state index in [-0.39, 0.29) is 30.3 Å². The number of benzene rings is 2. The van der Waals surface area contributed by atoms with Crippen LogP contribution in [0.4, 0.5) is 11.4 Å². The Hall–Kier alpha value is -3.35. The molecule has 0 saturated carbocycles. The SMILES string of the molecule is CC(=O)N1c2ccc(C(N)=O)cc2C(Nc2ccc(CC(N)=O)cc2)CC1C. The van der Waals surface area contributed by atoms with Crippen molar-refractivity contribution < 1.29 is 14.4 Å². The molecule has 0 saturated heterocycles. The molecule has 2 unspecified atom stereocenters. The third kappa shape index (κ3) is 3.98. The summed E-state index contributed by atoms with van der Waals surface area (Å²) in [5.74, 6) is -0.931. The Balaban J connectivity index is 1.94. The lowest BCUT2D eigenvalue weighted by atomic mass is 9.90. The second kappa shape index (κ2) is 7.72. The monoisotopic (exact) mass is 380 g/mol. The number of hydrogen-bond acceptors (Lipinski definition) is 4. The summed E-state index contributed by atoms with van der Waals surface area (Å²) >= 11 is 0. The minimum atomic E-state index is -0.509. The van der Waals surface area contributed by atoms with Gasteiger partial charge in [-0.05, 0) is 54.8 Å². The van der Waals surface area contributed by atoms with Crippen LogP contribution in [0.3, 0.4) is 0 Å². The highest BCUT2D eigenvalue weighted by Crippen LogP contribution is 2.39. The van der Waals surface area contributed by atoms with Gasteiger partial charge in [-0.2, -0.15) is 0 Å². The molecule has 1 aliphatic heterocycles. The number of hydrogen-bond donors (Lipinski definition) is 3. The summed E-state index contributed by atoms with van der Waals surface area (Å²) < 4.78 is 0. The number of fused-ring (bicyclic) bond motifs is 1. The zero-order valence-electron chi connectivity index (χ0n) is 15.9. The Labute approximate surface area is 163 Å². The van der Waals surface area contributed by atoms with E-state index < -0.39 is 5.91 Å². The highest BCUT2D eigenvalue weighted by Gasteiger charge is 2.32. The molecule has 0 spiro atoms. The molecule has 1 aliphatic rings. The van der Waals surface area contributed by atoms with Gasteiger partial charge in [0.15, 0.2) is 0 Å². The standard InChI is InChI=1S/C21H24N4O3/c1-12-9-18(24-16-6-3-14(4-7-16)10-20(22)27)17-11-15(21(23)28)5-8-19(17)25(12)13(2)26/h3-8,11-12,18,24H,9-10H2,1-2H3,(H2,22,27)(H2,23,28).